The summed E-state index contributed by atoms with van der Waals surface area (Å²) in [6.07, 6.45) is 0. The third kappa shape index (κ3) is 4.52. The lowest BCUT2D eigenvalue weighted by Gasteiger charge is -2.21. The zero-order chi connectivity index (χ0) is 18.0. The van der Waals surface area contributed by atoms with E-state index in [0.717, 1.165) is 30.4 Å². The predicted molar refractivity (Wildman–Crippen MR) is 119 cm³/mol. The molecular weight excluding hydrogens is 439 g/mol. The summed E-state index contributed by atoms with van der Waals surface area (Å²) in [5.41, 5.74) is 2.13. The summed E-state index contributed by atoms with van der Waals surface area (Å²) in [6, 6.07) is 9.17. The second-order valence-corrected chi connectivity index (χ2v) is 7.35. The second kappa shape index (κ2) is 9.08. The molecule has 144 valence electrons. The quantitative estimate of drug-likeness (QED) is 0.406. The maximum absolute atomic E-state index is 5.98. The molecule has 0 bridgehead atoms. The van der Waals surface area contributed by atoms with Crippen molar-refractivity contribution in [2.45, 2.75) is 46.3 Å². The van der Waals surface area contributed by atoms with E-state index in [9.17, 15) is 0 Å². The molecule has 2 N–H and O–H groups in total. The van der Waals surface area contributed by atoms with Gasteiger partial charge in [0.15, 0.2) is 5.96 Å². The number of furan rings is 1. The fourth-order valence-corrected chi connectivity index (χ4v) is 3.54. The van der Waals surface area contributed by atoms with Gasteiger partial charge in [-0.3, -0.25) is 9.89 Å². The molecule has 2 unspecified atom stereocenters. The van der Waals surface area contributed by atoms with Gasteiger partial charge in [0.2, 0.25) is 0 Å². The molecule has 1 saturated heterocycles. The third-order valence-electron chi connectivity index (χ3n) is 5.28. The molecule has 1 aromatic carbocycles. The highest BCUT2D eigenvalue weighted by Crippen LogP contribution is 2.24. The van der Waals surface area contributed by atoms with Gasteiger partial charge in [0.25, 0.3) is 0 Å². The molecule has 6 heteroatoms. The van der Waals surface area contributed by atoms with Crippen LogP contribution in [0.15, 0.2) is 33.7 Å². The molecule has 0 radical (unpaired) electrons. The molecule has 1 fully saturated rings. The first kappa shape index (κ1) is 21.0. The van der Waals surface area contributed by atoms with Crippen LogP contribution in [-0.2, 0) is 6.54 Å². The summed E-state index contributed by atoms with van der Waals surface area (Å²) in [6.45, 7) is 11.8. The highest BCUT2D eigenvalue weighted by Gasteiger charge is 2.31. The molecule has 1 aromatic heterocycles. The smallest absolute Gasteiger partial charge is 0.191 e. The van der Waals surface area contributed by atoms with E-state index in [1.807, 2.05) is 25.2 Å². The summed E-state index contributed by atoms with van der Waals surface area (Å²) in [5, 5.41) is 8.16. The lowest BCUT2D eigenvalue weighted by atomic mass is 10.1. The fourth-order valence-electron chi connectivity index (χ4n) is 3.54. The highest BCUT2D eigenvalue weighted by atomic mass is 127. The van der Waals surface area contributed by atoms with Crippen molar-refractivity contribution in [2.24, 2.45) is 10.9 Å². The van der Waals surface area contributed by atoms with E-state index in [1.165, 1.54) is 10.9 Å². The van der Waals surface area contributed by atoms with Gasteiger partial charge >= 0.3 is 0 Å². The van der Waals surface area contributed by atoms with Crippen LogP contribution in [0.4, 0.5) is 0 Å². The summed E-state index contributed by atoms with van der Waals surface area (Å²) >= 11 is 0. The summed E-state index contributed by atoms with van der Waals surface area (Å²) in [4.78, 5) is 6.90. The van der Waals surface area contributed by atoms with Crippen LogP contribution in [0.2, 0.25) is 0 Å². The first-order chi connectivity index (χ1) is 12.0. The van der Waals surface area contributed by atoms with Crippen molar-refractivity contribution in [2.75, 3.05) is 20.1 Å². The first-order valence-electron chi connectivity index (χ1n) is 9.17. The van der Waals surface area contributed by atoms with Gasteiger partial charge in [-0.2, -0.15) is 0 Å². The maximum Gasteiger partial charge on any atom is 0.191 e. The predicted octanol–water partition coefficient (Wildman–Crippen LogP) is 3.75. The number of nitrogens with zero attached hydrogens (tertiary/aromatic N) is 2. The Kier molecular flexibility index (Phi) is 7.34. The van der Waals surface area contributed by atoms with Crippen molar-refractivity contribution >= 4 is 40.9 Å². The lowest BCUT2D eigenvalue weighted by Crippen LogP contribution is -2.46. The minimum absolute atomic E-state index is 0. The van der Waals surface area contributed by atoms with Crippen LogP contribution < -0.4 is 10.6 Å². The molecule has 1 aliphatic heterocycles. The average molecular weight is 470 g/mol. The number of guanidine groups is 1. The number of fused-ring (bicyclic) bond motifs is 1. The third-order valence-corrected chi connectivity index (χ3v) is 5.28. The van der Waals surface area contributed by atoms with Crippen molar-refractivity contribution in [1.29, 1.82) is 0 Å². The van der Waals surface area contributed by atoms with Gasteiger partial charge in [-0.15, -0.1) is 24.0 Å². The first-order valence-corrected chi connectivity index (χ1v) is 9.17. The zero-order valence-electron chi connectivity index (χ0n) is 16.4. The van der Waals surface area contributed by atoms with E-state index in [4.69, 9.17) is 4.42 Å². The van der Waals surface area contributed by atoms with Gasteiger partial charge in [0, 0.05) is 43.2 Å². The van der Waals surface area contributed by atoms with Crippen molar-refractivity contribution in [3.05, 3.63) is 35.6 Å². The van der Waals surface area contributed by atoms with Gasteiger partial charge in [-0.1, -0.05) is 25.1 Å². The Morgan fingerprint density at radius 3 is 2.65 bits per heavy atom. The highest BCUT2D eigenvalue weighted by molar-refractivity contribution is 14.0. The van der Waals surface area contributed by atoms with Crippen LogP contribution in [-0.4, -0.2) is 43.1 Å². The number of halogens is 1. The topological polar surface area (TPSA) is 52.8 Å². The standard InChI is InChI=1S/C20H30N4O.HI/c1-13(2)24-11-14(3)17(12-24)23-20(21-5)22-10-19-15(4)16-8-6-7-9-18(16)25-19;/h6-9,13-14,17H,10-12H2,1-5H3,(H2,21,22,23);1H. The van der Waals surface area contributed by atoms with E-state index in [1.54, 1.807) is 0 Å². The van der Waals surface area contributed by atoms with E-state index in [0.29, 0.717) is 24.5 Å². The Morgan fingerprint density at radius 2 is 2.04 bits per heavy atom. The Labute approximate surface area is 173 Å². The summed E-state index contributed by atoms with van der Waals surface area (Å²) in [5.74, 6) is 2.41. The van der Waals surface area contributed by atoms with Crippen molar-refractivity contribution in [1.82, 2.24) is 15.5 Å². The molecular formula is C20H31IN4O. The zero-order valence-corrected chi connectivity index (χ0v) is 18.7. The molecule has 0 aliphatic carbocycles. The normalized spacial score (nSPS) is 21.2. The van der Waals surface area contributed by atoms with Gasteiger partial charge in [-0.25, -0.2) is 0 Å². The summed E-state index contributed by atoms with van der Waals surface area (Å²) < 4.78 is 5.98. The molecule has 2 aromatic rings. The van der Waals surface area contributed by atoms with E-state index in [-0.39, 0.29) is 24.0 Å². The van der Waals surface area contributed by atoms with E-state index in [2.05, 4.69) is 54.3 Å². The summed E-state index contributed by atoms with van der Waals surface area (Å²) in [7, 11) is 1.82. The van der Waals surface area contributed by atoms with Crippen LogP contribution in [0.5, 0.6) is 0 Å². The minimum Gasteiger partial charge on any atom is -0.459 e. The van der Waals surface area contributed by atoms with Gasteiger partial charge in [0.1, 0.15) is 11.3 Å². The Hall–Kier alpha value is -1.28. The molecule has 0 spiro atoms. The molecule has 0 saturated carbocycles. The van der Waals surface area contributed by atoms with Crippen LogP contribution in [0.3, 0.4) is 0 Å². The molecule has 2 atom stereocenters. The van der Waals surface area contributed by atoms with Gasteiger partial charge in [0.05, 0.1) is 6.54 Å². The van der Waals surface area contributed by atoms with Crippen molar-refractivity contribution in [3.63, 3.8) is 0 Å². The molecule has 5 nitrogen and oxygen atoms in total. The van der Waals surface area contributed by atoms with Gasteiger partial charge in [-0.05, 0) is 32.8 Å². The number of aliphatic imine (C=N–C) groups is 1. The Bertz CT molecular complexity index is 755. The SMILES string of the molecule is CN=C(NCc1oc2ccccc2c1C)NC1CN(C(C)C)CC1C.I. The Morgan fingerprint density at radius 1 is 1.31 bits per heavy atom. The number of aryl methyl sites for hydroxylation is 1. The van der Waals surface area contributed by atoms with Crippen molar-refractivity contribution < 1.29 is 4.42 Å². The van der Waals surface area contributed by atoms with Crippen molar-refractivity contribution in [3.8, 4) is 0 Å². The molecule has 26 heavy (non-hydrogen) atoms. The van der Waals surface area contributed by atoms with Crippen LogP contribution >= 0.6 is 24.0 Å². The van der Waals surface area contributed by atoms with E-state index < -0.39 is 0 Å². The number of likely N-dealkylation sites (tertiary alicyclic amines) is 1. The number of benzene rings is 1. The lowest BCUT2D eigenvalue weighted by molar-refractivity contribution is 0.265. The Balaban J connectivity index is 0.00000243. The van der Waals surface area contributed by atoms with E-state index >= 15 is 0 Å². The monoisotopic (exact) mass is 470 g/mol. The molecule has 2 heterocycles. The number of rotatable bonds is 4. The largest absolute Gasteiger partial charge is 0.459 e. The van der Waals surface area contributed by atoms with Crippen LogP contribution in [0.25, 0.3) is 11.0 Å². The number of nitrogens with one attached hydrogen (secondary N) is 2. The molecule has 3 rings (SSSR count). The van der Waals surface area contributed by atoms with Crippen LogP contribution in [0.1, 0.15) is 32.1 Å². The fraction of sp³-hybridized carbons (Fsp3) is 0.550. The average Bonchev–Trinajstić information content (AvgIpc) is 3.12. The molecule has 1 aliphatic rings. The van der Waals surface area contributed by atoms with Crippen LogP contribution in [0, 0.1) is 12.8 Å². The number of hydrogen-bond acceptors (Lipinski definition) is 3. The number of hydrogen-bond donors (Lipinski definition) is 2. The minimum atomic E-state index is 0. The maximum atomic E-state index is 5.98. The molecule has 0 amide bonds. The second-order valence-electron chi connectivity index (χ2n) is 7.35. The van der Waals surface area contributed by atoms with Gasteiger partial charge < -0.3 is 15.1 Å². The number of para-hydroxylation sites is 1.